The van der Waals surface area contributed by atoms with Crippen molar-refractivity contribution in [2.45, 2.75) is 19.4 Å². The summed E-state index contributed by atoms with van der Waals surface area (Å²) in [7, 11) is 0. The van der Waals surface area contributed by atoms with E-state index in [1.54, 1.807) is 6.07 Å². The van der Waals surface area contributed by atoms with Crippen LogP contribution >= 0.6 is 0 Å². The number of phenolic OH excluding ortho intramolecular Hbond substituents is 1. The number of nitrogens with one attached hydrogen (secondary N) is 1. The molecule has 0 aromatic heterocycles. The molecule has 0 radical (unpaired) electrons. The first-order valence-corrected chi connectivity index (χ1v) is 7.04. The molecule has 4 nitrogen and oxygen atoms in total. The van der Waals surface area contributed by atoms with Crippen LogP contribution in [0.1, 0.15) is 30.5 Å². The Morgan fingerprint density at radius 2 is 2.19 bits per heavy atom. The third-order valence-corrected chi connectivity index (χ3v) is 3.72. The predicted octanol–water partition coefficient (Wildman–Crippen LogP) is 2.32. The Hall–Kier alpha value is -1.90. The normalized spacial score (nSPS) is 17.2. The van der Waals surface area contributed by atoms with Crippen LogP contribution in [0.4, 0.5) is 4.39 Å². The van der Waals surface area contributed by atoms with Crippen molar-refractivity contribution in [2.75, 3.05) is 26.2 Å². The van der Waals surface area contributed by atoms with Crippen LogP contribution in [-0.2, 0) is 0 Å². The van der Waals surface area contributed by atoms with E-state index >= 15 is 0 Å². The number of aromatic hydroxyl groups is 1. The molecule has 2 N–H and O–H groups in total. The van der Waals surface area contributed by atoms with Crippen LogP contribution in [0.3, 0.4) is 0 Å². The van der Waals surface area contributed by atoms with Gasteiger partial charge < -0.3 is 10.4 Å². The molecule has 2 rings (SSSR count). The Bertz CT molecular complexity index is 574. The third kappa shape index (κ3) is 3.60. The number of hydrogen-bond donors (Lipinski definition) is 2. The van der Waals surface area contributed by atoms with Crippen LogP contribution in [-0.4, -0.2) is 36.2 Å². The topological polar surface area (TPSA) is 59.3 Å². The van der Waals surface area contributed by atoms with Crippen LogP contribution in [0.15, 0.2) is 24.3 Å². The molecule has 1 heterocycles. The highest BCUT2D eigenvalue weighted by molar-refractivity contribution is 5.44. The molecule has 1 fully saturated rings. The summed E-state index contributed by atoms with van der Waals surface area (Å²) in [6.45, 7) is 9.18. The smallest absolute Gasteiger partial charge is 0.166 e. The molecule has 1 aromatic rings. The Labute approximate surface area is 124 Å². The summed E-state index contributed by atoms with van der Waals surface area (Å²) < 4.78 is 13.8. The molecule has 112 valence electrons. The quantitative estimate of drug-likeness (QED) is 0.835. The molecule has 0 saturated carbocycles. The molecule has 1 atom stereocenters. The molecule has 1 aliphatic heterocycles. The first-order chi connectivity index (χ1) is 10.0. The summed E-state index contributed by atoms with van der Waals surface area (Å²) >= 11 is 0. The zero-order valence-electron chi connectivity index (χ0n) is 12.2. The van der Waals surface area contributed by atoms with Crippen molar-refractivity contribution in [3.05, 3.63) is 41.2 Å². The van der Waals surface area contributed by atoms with E-state index in [1.165, 1.54) is 0 Å². The van der Waals surface area contributed by atoms with Gasteiger partial charge in [-0.05, 0) is 25.5 Å². The van der Waals surface area contributed by atoms with Crippen molar-refractivity contribution in [3.8, 4) is 11.8 Å². The van der Waals surface area contributed by atoms with Gasteiger partial charge in [-0.1, -0.05) is 5.57 Å². The SMILES string of the molecule is C=C(C)C[C@H](c1cc(C#N)cc(F)c1O)N1CCNCC1. The standard InChI is InChI=1S/C16H20FN3O/c1-11(2)7-15(20-5-3-19-4-6-20)13-8-12(10-18)9-14(17)16(13)21/h8-9,15,19,21H,1,3-7H2,2H3/t15-/m1/s1. The van der Waals surface area contributed by atoms with Crippen LogP contribution in [0.5, 0.6) is 5.75 Å². The van der Waals surface area contributed by atoms with Crippen LogP contribution in [0, 0.1) is 17.1 Å². The van der Waals surface area contributed by atoms with Gasteiger partial charge in [0, 0.05) is 37.8 Å². The Balaban J connectivity index is 2.42. The number of benzene rings is 1. The van der Waals surface area contributed by atoms with Crippen molar-refractivity contribution in [1.29, 1.82) is 5.26 Å². The minimum absolute atomic E-state index is 0.160. The number of piperazine rings is 1. The first kappa shape index (κ1) is 15.5. The van der Waals surface area contributed by atoms with Crippen LogP contribution < -0.4 is 5.32 Å². The third-order valence-electron chi connectivity index (χ3n) is 3.72. The number of rotatable bonds is 4. The number of nitrogens with zero attached hydrogens (tertiary/aromatic N) is 2. The average Bonchev–Trinajstić information content (AvgIpc) is 2.48. The molecule has 0 aliphatic carbocycles. The summed E-state index contributed by atoms with van der Waals surface area (Å²) in [6, 6.07) is 4.42. The van der Waals surface area contributed by atoms with Crippen molar-refractivity contribution < 1.29 is 9.50 Å². The van der Waals surface area contributed by atoms with E-state index in [1.807, 2.05) is 13.0 Å². The van der Waals surface area contributed by atoms with Gasteiger partial charge in [-0.25, -0.2) is 4.39 Å². The lowest BCUT2D eigenvalue weighted by Crippen LogP contribution is -2.45. The van der Waals surface area contributed by atoms with E-state index in [0.29, 0.717) is 12.0 Å². The van der Waals surface area contributed by atoms with Crippen molar-refractivity contribution in [3.63, 3.8) is 0 Å². The fourth-order valence-electron chi connectivity index (χ4n) is 2.70. The van der Waals surface area contributed by atoms with E-state index in [0.717, 1.165) is 37.8 Å². The van der Waals surface area contributed by atoms with Gasteiger partial charge in [0.15, 0.2) is 11.6 Å². The molecule has 0 unspecified atom stereocenters. The molecular weight excluding hydrogens is 269 g/mol. The number of halogens is 1. The Morgan fingerprint density at radius 1 is 1.52 bits per heavy atom. The number of hydrogen-bond acceptors (Lipinski definition) is 4. The maximum absolute atomic E-state index is 13.8. The van der Waals surface area contributed by atoms with Gasteiger partial charge in [-0.15, -0.1) is 6.58 Å². The minimum atomic E-state index is -0.745. The predicted molar refractivity (Wildman–Crippen MR) is 79.4 cm³/mol. The molecule has 1 saturated heterocycles. The van der Waals surface area contributed by atoms with E-state index < -0.39 is 5.82 Å². The first-order valence-electron chi connectivity index (χ1n) is 7.04. The molecule has 0 bridgehead atoms. The van der Waals surface area contributed by atoms with E-state index in [-0.39, 0.29) is 17.4 Å². The van der Waals surface area contributed by atoms with Gasteiger partial charge >= 0.3 is 0 Å². The summed E-state index contributed by atoms with van der Waals surface area (Å²) in [5.74, 6) is -1.11. The summed E-state index contributed by atoms with van der Waals surface area (Å²) in [5.41, 5.74) is 1.65. The van der Waals surface area contributed by atoms with Crippen molar-refractivity contribution in [1.82, 2.24) is 10.2 Å². The minimum Gasteiger partial charge on any atom is -0.505 e. The molecule has 1 aliphatic rings. The second-order valence-corrected chi connectivity index (χ2v) is 5.47. The zero-order chi connectivity index (χ0) is 15.4. The molecule has 5 heteroatoms. The van der Waals surface area contributed by atoms with Gasteiger partial charge in [-0.2, -0.15) is 5.26 Å². The monoisotopic (exact) mass is 289 g/mol. The van der Waals surface area contributed by atoms with E-state index in [2.05, 4.69) is 16.8 Å². The largest absolute Gasteiger partial charge is 0.505 e. The van der Waals surface area contributed by atoms with E-state index in [4.69, 9.17) is 5.26 Å². The number of phenols is 1. The molecule has 0 amide bonds. The highest BCUT2D eigenvalue weighted by Gasteiger charge is 2.26. The highest BCUT2D eigenvalue weighted by Crippen LogP contribution is 2.35. The fourth-order valence-corrected chi connectivity index (χ4v) is 2.70. The lowest BCUT2D eigenvalue weighted by molar-refractivity contribution is 0.169. The van der Waals surface area contributed by atoms with Crippen molar-refractivity contribution >= 4 is 0 Å². The Kier molecular flexibility index (Phi) is 4.94. The zero-order valence-corrected chi connectivity index (χ0v) is 12.2. The second kappa shape index (κ2) is 6.70. The molecule has 1 aromatic carbocycles. The van der Waals surface area contributed by atoms with Gasteiger partial charge in [-0.3, -0.25) is 4.90 Å². The van der Waals surface area contributed by atoms with Crippen LogP contribution in [0.2, 0.25) is 0 Å². The lowest BCUT2D eigenvalue weighted by Gasteiger charge is -2.35. The van der Waals surface area contributed by atoms with Crippen molar-refractivity contribution in [2.24, 2.45) is 0 Å². The maximum Gasteiger partial charge on any atom is 0.166 e. The highest BCUT2D eigenvalue weighted by atomic mass is 19.1. The van der Waals surface area contributed by atoms with E-state index in [9.17, 15) is 9.50 Å². The Morgan fingerprint density at radius 3 is 2.76 bits per heavy atom. The second-order valence-electron chi connectivity index (χ2n) is 5.47. The molecule has 21 heavy (non-hydrogen) atoms. The average molecular weight is 289 g/mol. The summed E-state index contributed by atoms with van der Waals surface area (Å²) in [4.78, 5) is 2.20. The number of nitriles is 1. The fraction of sp³-hybridized carbons (Fsp3) is 0.438. The summed E-state index contributed by atoms with van der Waals surface area (Å²) in [5, 5.41) is 22.4. The molecule has 0 spiro atoms. The lowest BCUT2D eigenvalue weighted by atomic mass is 9.95. The molecular formula is C16H20FN3O. The van der Waals surface area contributed by atoms with Gasteiger partial charge in [0.1, 0.15) is 0 Å². The maximum atomic E-state index is 13.8. The van der Waals surface area contributed by atoms with Gasteiger partial charge in [0.2, 0.25) is 0 Å². The van der Waals surface area contributed by atoms with Gasteiger partial charge in [0.05, 0.1) is 11.6 Å². The van der Waals surface area contributed by atoms with Gasteiger partial charge in [0.25, 0.3) is 0 Å². The summed E-state index contributed by atoms with van der Waals surface area (Å²) in [6.07, 6.45) is 0.627. The van der Waals surface area contributed by atoms with Crippen LogP contribution in [0.25, 0.3) is 0 Å².